The minimum atomic E-state index is 0.583. The van der Waals surface area contributed by atoms with Gasteiger partial charge in [-0.3, -0.25) is 4.99 Å². The van der Waals surface area contributed by atoms with Crippen molar-refractivity contribution in [1.29, 1.82) is 0 Å². The smallest absolute Gasteiger partial charge is 0.169 e. The molecular formula is C4H10N2O. The quantitative estimate of drug-likeness (QED) is 0.390. The van der Waals surface area contributed by atoms with E-state index in [0.717, 1.165) is 0 Å². The standard InChI is InChI=1S/C4H10N2O/c1-7-4-6-3-2-5/h4H,2-3,5H2,1H3. The summed E-state index contributed by atoms with van der Waals surface area (Å²) in [7, 11) is 1.56. The Balaban J connectivity index is 2.78. The molecule has 0 aromatic carbocycles. The van der Waals surface area contributed by atoms with Gasteiger partial charge in [0.15, 0.2) is 6.40 Å². The number of hydrogen-bond acceptors (Lipinski definition) is 3. The number of hydrogen-bond donors (Lipinski definition) is 1. The third kappa shape index (κ3) is 5.43. The summed E-state index contributed by atoms with van der Waals surface area (Å²) >= 11 is 0. The summed E-state index contributed by atoms with van der Waals surface area (Å²) in [4.78, 5) is 3.74. The number of nitrogens with zero attached hydrogens (tertiary/aromatic N) is 1. The molecule has 0 rings (SSSR count). The Hall–Kier alpha value is -0.570. The first-order chi connectivity index (χ1) is 3.41. The van der Waals surface area contributed by atoms with Crippen LogP contribution in [0.15, 0.2) is 4.99 Å². The molecule has 0 spiro atoms. The maximum absolute atomic E-state index is 5.10. The van der Waals surface area contributed by atoms with Crippen LogP contribution in [0.5, 0.6) is 0 Å². The van der Waals surface area contributed by atoms with Crippen LogP contribution in [-0.4, -0.2) is 26.6 Å². The molecule has 0 fully saturated rings. The molecule has 42 valence electrons. The van der Waals surface area contributed by atoms with Gasteiger partial charge in [0.1, 0.15) is 0 Å². The lowest BCUT2D eigenvalue weighted by Crippen LogP contribution is -2.02. The normalized spacial score (nSPS) is 10.0. The molecule has 7 heavy (non-hydrogen) atoms. The van der Waals surface area contributed by atoms with Gasteiger partial charge in [-0.2, -0.15) is 0 Å². The van der Waals surface area contributed by atoms with E-state index in [1.54, 1.807) is 7.11 Å². The number of rotatable bonds is 3. The van der Waals surface area contributed by atoms with Crippen LogP contribution in [0.25, 0.3) is 0 Å². The maximum atomic E-state index is 5.10. The zero-order valence-electron chi connectivity index (χ0n) is 4.42. The topological polar surface area (TPSA) is 47.6 Å². The minimum absolute atomic E-state index is 0.583. The van der Waals surface area contributed by atoms with E-state index >= 15 is 0 Å². The summed E-state index contributed by atoms with van der Waals surface area (Å²) < 4.78 is 4.50. The molecule has 0 aliphatic carbocycles. The van der Waals surface area contributed by atoms with Crippen LogP contribution in [0.1, 0.15) is 0 Å². The molecule has 0 aromatic rings. The van der Waals surface area contributed by atoms with Crippen molar-refractivity contribution in [3.05, 3.63) is 0 Å². The first-order valence-electron chi connectivity index (χ1n) is 2.13. The Kier molecular flexibility index (Phi) is 4.99. The average molecular weight is 102 g/mol. The van der Waals surface area contributed by atoms with Crippen molar-refractivity contribution < 1.29 is 4.74 Å². The summed E-state index contributed by atoms with van der Waals surface area (Å²) in [6, 6.07) is 0. The van der Waals surface area contributed by atoms with E-state index in [-0.39, 0.29) is 0 Å². The Morgan fingerprint density at radius 3 is 3.00 bits per heavy atom. The van der Waals surface area contributed by atoms with Crippen LogP contribution in [0.4, 0.5) is 0 Å². The molecule has 0 aromatic heterocycles. The zero-order valence-corrected chi connectivity index (χ0v) is 4.42. The van der Waals surface area contributed by atoms with Gasteiger partial charge in [-0.1, -0.05) is 0 Å². The summed E-state index contributed by atoms with van der Waals surface area (Å²) in [5.74, 6) is 0. The van der Waals surface area contributed by atoms with E-state index in [2.05, 4.69) is 9.73 Å². The van der Waals surface area contributed by atoms with Gasteiger partial charge in [-0.05, 0) is 0 Å². The molecule has 0 radical (unpaired) electrons. The molecule has 2 N–H and O–H groups in total. The van der Waals surface area contributed by atoms with Gasteiger partial charge < -0.3 is 10.5 Å². The Bertz CT molecular complexity index is 53.7. The van der Waals surface area contributed by atoms with E-state index in [1.165, 1.54) is 6.40 Å². The van der Waals surface area contributed by atoms with Gasteiger partial charge >= 0.3 is 0 Å². The lowest BCUT2D eigenvalue weighted by molar-refractivity contribution is 0.421. The van der Waals surface area contributed by atoms with Crippen LogP contribution in [0.3, 0.4) is 0 Å². The van der Waals surface area contributed by atoms with Crippen LogP contribution in [0, 0.1) is 0 Å². The predicted molar refractivity (Wildman–Crippen MR) is 29.4 cm³/mol. The van der Waals surface area contributed by atoms with Crippen LogP contribution in [-0.2, 0) is 4.74 Å². The molecule has 3 heteroatoms. The Morgan fingerprint density at radius 2 is 2.57 bits per heavy atom. The average Bonchev–Trinajstić information content (AvgIpc) is 1.69. The summed E-state index contributed by atoms with van der Waals surface area (Å²) in [6.45, 7) is 1.23. The fourth-order valence-electron chi connectivity index (χ4n) is 0.202. The monoisotopic (exact) mass is 102 g/mol. The van der Waals surface area contributed by atoms with Crippen molar-refractivity contribution >= 4 is 6.40 Å². The second-order valence-electron chi connectivity index (χ2n) is 1.04. The fourth-order valence-corrected chi connectivity index (χ4v) is 0.202. The number of aliphatic imine (C=N–C) groups is 1. The van der Waals surface area contributed by atoms with Crippen LogP contribution in [0.2, 0.25) is 0 Å². The largest absolute Gasteiger partial charge is 0.487 e. The number of ether oxygens (including phenoxy) is 1. The van der Waals surface area contributed by atoms with Gasteiger partial charge in [0.05, 0.1) is 13.7 Å². The molecule has 0 atom stereocenters. The molecule has 0 saturated carbocycles. The van der Waals surface area contributed by atoms with Crippen molar-refractivity contribution in [3.63, 3.8) is 0 Å². The van der Waals surface area contributed by atoms with Crippen molar-refractivity contribution in [2.45, 2.75) is 0 Å². The first kappa shape index (κ1) is 6.43. The maximum Gasteiger partial charge on any atom is 0.169 e. The molecule has 0 bridgehead atoms. The highest BCUT2D eigenvalue weighted by atomic mass is 16.5. The SMILES string of the molecule is COC=NCCN. The first-order valence-corrected chi connectivity index (χ1v) is 2.13. The highest BCUT2D eigenvalue weighted by Gasteiger charge is 1.67. The zero-order chi connectivity index (χ0) is 5.54. The predicted octanol–water partition coefficient (Wildman–Crippen LogP) is -0.380. The summed E-state index contributed by atoms with van der Waals surface area (Å²) in [5.41, 5.74) is 5.10. The van der Waals surface area contributed by atoms with Crippen molar-refractivity contribution in [3.8, 4) is 0 Å². The minimum Gasteiger partial charge on any atom is -0.487 e. The third-order valence-electron chi connectivity index (χ3n) is 0.438. The molecule has 0 aliphatic rings. The molecule has 0 unspecified atom stereocenters. The van der Waals surface area contributed by atoms with Crippen LogP contribution < -0.4 is 5.73 Å². The van der Waals surface area contributed by atoms with Gasteiger partial charge in [-0.25, -0.2) is 0 Å². The Labute approximate surface area is 43.2 Å². The van der Waals surface area contributed by atoms with Gasteiger partial charge in [0.2, 0.25) is 0 Å². The fraction of sp³-hybridized carbons (Fsp3) is 0.750. The van der Waals surface area contributed by atoms with E-state index in [9.17, 15) is 0 Å². The third-order valence-corrected chi connectivity index (χ3v) is 0.438. The summed E-state index contributed by atoms with van der Waals surface area (Å²) in [6.07, 6.45) is 1.38. The molecule has 0 aliphatic heterocycles. The summed E-state index contributed by atoms with van der Waals surface area (Å²) in [5, 5.41) is 0. The second-order valence-corrected chi connectivity index (χ2v) is 1.04. The highest BCUT2D eigenvalue weighted by molar-refractivity contribution is 5.45. The van der Waals surface area contributed by atoms with Crippen molar-refractivity contribution in [2.24, 2.45) is 10.7 Å². The van der Waals surface area contributed by atoms with Crippen molar-refractivity contribution in [1.82, 2.24) is 0 Å². The number of methoxy groups -OCH3 is 1. The van der Waals surface area contributed by atoms with E-state index < -0.39 is 0 Å². The molecule has 0 saturated heterocycles. The second kappa shape index (κ2) is 5.43. The Morgan fingerprint density at radius 1 is 1.86 bits per heavy atom. The lowest BCUT2D eigenvalue weighted by Gasteiger charge is -1.84. The van der Waals surface area contributed by atoms with E-state index in [1.807, 2.05) is 0 Å². The molecular weight excluding hydrogens is 92.1 g/mol. The number of nitrogens with two attached hydrogens (primary N) is 1. The van der Waals surface area contributed by atoms with Gasteiger partial charge in [-0.15, -0.1) is 0 Å². The molecule has 0 heterocycles. The molecule has 0 amide bonds. The van der Waals surface area contributed by atoms with E-state index in [4.69, 9.17) is 5.73 Å². The van der Waals surface area contributed by atoms with Gasteiger partial charge in [0, 0.05) is 6.54 Å². The van der Waals surface area contributed by atoms with Gasteiger partial charge in [0.25, 0.3) is 0 Å². The highest BCUT2D eigenvalue weighted by Crippen LogP contribution is 1.60. The molecule has 3 nitrogen and oxygen atoms in total. The van der Waals surface area contributed by atoms with Crippen molar-refractivity contribution in [2.75, 3.05) is 20.2 Å². The van der Waals surface area contributed by atoms with Crippen LogP contribution >= 0.6 is 0 Å². The van der Waals surface area contributed by atoms with E-state index in [0.29, 0.717) is 13.1 Å². The lowest BCUT2D eigenvalue weighted by atomic mass is 10.7.